The van der Waals surface area contributed by atoms with Gasteiger partial charge in [0, 0.05) is 18.0 Å². The molecule has 0 amide bonds. The summed E-state index contributed by atoms with van der Waals surface area (Å²) in [6.07, 6.45) is 16.9. The van der Waals surface area contributed by atoms with Gasteiger partial charge in [-0.25, -0.2) is 0 Å². The summed E-state index contributed by atoms with van der Waals surface area (Å²) >= 11 is 0. The van der Waals surface area contributed by atoms with Gasteiger partial charge < -0.3 is 18.8 Å². The minimum atomic E-state index is -0.155. The predicted octanol–water partition coefficient (Wildman–Crippen LogP) is 9.73. The molecule has 0 aliphatic heterocycles. The summed E-state index contributed by atoms with van der Waals surface area (Å²) in [7, 11) is 1.65. The topological polar surface area (TPSA) is 49.7 Å². The standard InChI is InChI=1S/C36H53NO4/c1-9-10-11-12-23-37-33-26-31(39-8)19-20-32(33)34(40-24-21-29(6)17-13-15-27(2)3)35(36(37)38)41-25-22-30(7)18-14-16-28(4)5/h15-16,19-22,26H,9-14,17-18,23-25H2,1-8H3/b29-21+,30-22+. The Morgan fingerprint density at radius 3 is 1.90 bits per heavy atom. The van der Waals surface area contributed by atoms with Crippen molar-refractivity contribution in [2.75, 3.05) is 20.3 Å². The Morgan fingerprint density at radius 1 is 0.780 bits per heavy atom. The van der Waals surface area contributed by atoms with Gasteiger partial charge in [-0.15, -0.1) is 0 Å². The summed E-state index contributed by atoms with van der Waals surface area (Å²) in [5, 5.41) is 0.857. The van der Waals surface area contributed by atoms with Crippen molar-refractivity contribution in [1.82, 2.24) is 4.57 Å². The Balaban J connectivity index is 2.46. The number of aromatic nitrogens is 1. The second-order valence-electron chi connectivity index (χ2n) is 11.4. The second-order valence-corrected chi connectivity index (χ2v) is 11.4. The molecule has 5 nitrogen and oxygen atoms in total. The van der Waals surface area contributed by atoms with Crippen molar-refractivity contribution in [3.63, 3.8) is 0 Å². The first-order valence-corrected chi connectivity index (χ1v) is 15.3. The van der Waals surface area contributed by atoms with Crippen LogP contribution in [-0.2, 0) is 6.54 Å². The number of hydrogen-bond donors (Lipinski definition) is 0. The number of fused-ring (bicyclic) bond motifs is 1. The first-order chi connectivity index (χ1) is 19.7. The van der Waals surface area contributed by atoms with Crippen LogP contribution in [0.3, 0.4) is 0 Å². The van der Waals surface area contributed by atoms with Gasteiger partial charge in [-0.3, -0.25) is 4.79 Å². The number of allylic oxidation sites excluding steroid dienone is 6. The molecule has 5 heteroatoms. The maximum absolute atomic E-state index is 14.0. The lowest BCUT2D eigenvalue weighted by molar-refractivity contribution is 0.303. The number of aryl methyl sites for hydroxylation is 1. The third-order valence-corrected chi connectivity index (χ3v) is 7.12. The van der Waals surface area contributed by atoms with Crippen LogP contribution in [0.25, 0.3) is 10.9 Å². The molecule has 0 bridgehead atoms. The third kappa shape index (κ3) is 11.7. The minimum absolute atomic E-state index is 0.155. The van der Waals surface area contributed by atoms with Crippen molar-refractivity contribution < 1.29 is 14.2 Å². The zero-order valence-corrected chi connectivity index (χ0v) is 26.9. The molecule has 1 heterocycles. The Hall–Kier alpha value is -3.21. The van der Waals surface area contributed by atoms with Gasteiger partial charge in [-0.1, -0.05) is 60.6 Å². The largest absolute Gasteiger partial charge is 0.497 e. The number of benzene rings is 1. The van der Waals surface area contributed by atoms with Crippen LogP contribution in [0.5, 0.6) is 17.2 Å². The Bertz CT molecular complexity index is 1280. The van der Waals surface area contributed by atoms with Crippen molar-refractivity contribution in [2.24, 2.45) is 0 Å². The molecule has 1 aromatic carbocycles. The molecule has 2 aromatic rings. The highest BCUT2D eigenvalue weighted by Gasteiger charge is 2.20. The monoisotopic (exact) mass is 563 g/mol. The highest BCUT2D eigenvalue weighted by atomic mass is 16.5. The van der Waals surface area contributed by atoms with Crippen molar-refractivity contribution in [2.45, 2.75) is 106 Å². The molecule has 0 fully saturated rings. The summed E-state index contributed by atoms with van der Waals surface area (Å²) in [6, 6.07) is 5.82. The number of hydrogen-bond acceptors (Lipinski definition) is 4. The lowest BCUT2D eigenvalue weighted by Crippen LogP contribution is -2.24. The van der Waals surface area contributed by atoms with Crippen molar-refractivity contribution in [1.29, 1.82) is 0 Å². The quantitative estimate of drug-likeness (QED) is 0.134. The molecule has 2 rings (SSSR count). The third-order valence-electron chi connectivity index (χ3n) is 7.12. The van der Waals surface area contributed by atoms with Gasteiger partial charge in [-0.05, 0) is 97.9 Å². The molecule has 0 saturated carbocycles. The van der Waals surface area contributed by atoms with Crippen LogP contribution in [-0.4, -0.2) is 24.9 Å². The molecule has 0 saturated heterocycles. The van der Waals surface area contributed by atoms with Crippen LogP contribution >= 0.6 is 0 Å². The molecule has 0 radical (unpaired) electrons. The highest BCUT2D eigenvalue weighted by Crippen LogP contribution is 2.35. The fourth-order valence-corrected chi connectivity index (χ4v) is 4.61. The molecule has 41 heavy (non-hydrogen) atoms. The van der Waals surface area contributed by atoms with Gasteiger partial charge in [-0.2, -0.15) is 0 Å². The molecule has 1 aromatic heterocycles. The van der Waals surface area contributed by atoms with Crippen molar-refractivity contribution in [3.05, 3.63) is 75.1 Å². The molecule has 0 atom stereocenters. The van der Waals surface area contributed by atoms with Gasteiger partial charge in [0.1, 0.15) is 19.0 Å². The zero-order valence-electron chi connectivity index (χ0n) is 26.9. The van der Waals surface area contributed by atoms with E-state index in [4.69, 9.17) is 14.2 Å². The van der Waals surface area contributed by atoms with Gasteiger partial charge in [0.25, 0.3) is 5.56 Å². The molecule has 0 aliphatic rings. The van der Waals surface area contributed by atoms with Crippen LogP contribution in [0.2, 0.25) is 0 Å². The maximum Gasteiger partial charge on any atom is 0.297 e. The Labute approximate surface area is 248 Å². The highest BCUT2D eigenvalue weighted by molar-refractivity contribution is 5.89. The first kappa shape index (κ1) is 34.0. The average Bonchev–Trinajstić information content (AvgIpc) is 2.92. The van der Waals surface area contributed by atoms with E-state index in [9.17, 15) is 4.79 Å². The van der Waals surface area contributed by atoms with E-state index >= 15 is 0 Å². The molecule has 0 unspecified atom stereocenters. The zero-order chi connectivity index (χ0) is 30.2. The summed E-state index contributed by atoms with van der Waals surface area (Å²) in [5.74, 6) is 1.49. The van der Waals surface area contributed by atoms with Crippen LogP contribution in [0.4, 0.5) is 0 Å². The number of pyridine rings is 1. The van der Waals surface area contributed by atoms with Crippen LogP contribution in [0, 0.1) is 0 Å². The average molecular weight is 564 g/mol. The van der Waals surface area contributed by atoms with E-state index in [1.54, 1.807) is 7.11 Å². The predicted molar refractivity (Wildman–Crippen MR) is 175 cm³/mol. The van der Waals surface area contributed by atoms with Crippen LogP contribution < -0.4 is 19.8 Å². The molecule has 0 N–H and O–H groups in total. The van der Waals surface area contributed by atoms with Gasteiger partial charge in [0.05, 0.1) is 12.6 Å². The molecular formula is C36H53NO4. The van der Waals surface area contributed by atoms with E-state index in [-0.39, 0.29) is 11.3 Å². The lowest BCUT2D eigenvalue weighted by atomic mass is 10.1. The summed E-state index contributed by atoms with van der Waals surface area (Å²) in [5.41, 5.74) is 5.81. The number of rotatable bonds is 18. The Kier molecular flexibility index (Phi) is 15.1. The van der Waals surface area contributed by atoms with E-state index < -0.39 is 0 Å². The van der Waals surface area contributed by atoms with E-state index in [2.05, 4.69) is 72.8 Å². The first-order valence-electron chi connectivity index (χ1n) is 15.3. The normalized spacial score (nSPS) is 11.9. The van der Waals surface area contributed by atoms with E-state index in [1.807, 2.05) is 22.8 Å². The van der Waals surface area contributed by atoms with Crippen molar-refractivity contribution in [3.8, 4) is 17.2 Å². The Morgan fingerprint density at radius 2 is 1.37 bits per heavy atom. The maximum atomic E-state index is 14.0. The number of nitrogens with zero attached hydrogens (tertiary/aromatic N) is 1. The molecule has 0 spiro atoms. The fraction of sp³-hybridized carbons (Fsp3) is 0.528. The number of methoxy groups -OCH3 is 1. The summed E-state index contributed by atoms with van der Waals surface area (Å²) in [4.78, 5) is 14.0. The van der Waals surface area contributed by atoms with Crippen LogP contribution in [0.15, 0.2) is 69.6 Å². The lowest BCUT2D eigenvalue weighted by Gasteiger charge is -2.19. The fourth-order valence-electron chi connectivity index (χ4n) is 4.61. The summed E-state index contributed by atoms with van der Waals surface area (Å²) < 4.78 is 19.9. The second kappa shape index (κ2) is 18.3. The van der Waals surface area contributed by atoms with Crippen LogP contribution in [0.1, 0.15) is 99.8 Å². The number of ether oxygens (including phenoxy) is 3. The van der Waals surface area contributed by atoms with Gasteiger partial charge >= 0.3 is 0 Å². The van der Waals surface area contributed by atoms with Crippen molar-refractivity contribution >= 4 is 10.9 Å². The van der Waals surface area contributed by atoms with E-state index in [1.165, 1.54) is 22.3 Å². The molecule has 226 valence electrons. The smallest absolute Gasteiger partial charge is 0.297 e. The minimum Gasteiger partial charge on any atom is -0.497 e. The molecule has 0 aliphatic carbocycles. The van der Waals surface area contributed by atoms with E-state index in [0.717, 1.165) is 62.3 Å². The molecular weight excluding hydrogens is 510 g/mol. The SMILES string of the molecule is CCCCCCn1c(=O)c(OC/C=C(\C)CCC=C(C)C)c(OC/C=C(\C)CCC=C(C)C)c2ccc(OC)cc21. The van der Waals surface area contributed by atoms with E-state index in [0.29, 0.717) is 31.3 Å². The van der Waals surface area contributed by atoms with Gasteiger partial charge in [0.15, 0.2) is 5.75 Å². The number of unbranched alkanes of at least 4 members (excludes halogenated alkanes) is 3. The summed E-state index contributed by atoms with van der Waals surface area (Å²) in [6.45, 7) is 16.2. The van der Waals surface area contributed by atoms with Gasteiger partial charge in [0.2, 0.25) is 5.75 Å².